The van der Waals surface area contributed by atoms with Gasteiger partial charge in [0.15, 0.2) is 17.3 Å². The van der Waals surface area contributed by atoms with Gasteiger partial charge in [-0.05, 0) is 54.8 Å². The summed E-state index contributed by atoms with van der Waals surface area (Å²) >= 11 is 1.34. The first-order chi connectivity index (χ1) is 16.5. The van der Waals surface area contributed by atoms with Crippen LogP contribution in [0, 0.1) is 13.8 Å². The number of carbonyl (C=O) groups is 1. The number of nitrogens with one attached hydrogen (secondary N) is 1. The lowest BCUT2D eigenvalue weighted by molar-refractivity contribution is -0.113. The standard InChI is InChI=1S/C25H27N5O3S/c1-17-8-7-9-18(2)24(17)26-23(31)16-34-25-28-27-22(30(25)29-12-5-6-13-29)15-19-10-11-20(32-3)21(14-19)33-4/h5-14H,15-16H2,1-4H3,(H,26,31). The second-order valence-electron chi connectivity index (χ2n) is 7.74. The molecule has 0 unspecified atom stereocenters. The zero-order valence-corrected chi connectivity index (χ0v) is 20.4. The van der Waals surface area contributed by atoms with Crippen molar-refractivity contribution in [1.29, 1.82) is 0 Å². The predicted octanol–water partition coefficient (Wildman–Crippen LogP) is 4.35. The summed E-state index contributed by atoms with van der Waals surface area (Å²) in [7, 11) is 3.22. The molecule has 0 fully saturated rings. The van der Waals surface area contributed by atoms with E-state index in [1.807, 2.05) is 84.1 Å². The number of ether oxygens (including phenoxy) is 2. The summed E-state index contributed by atoms with van der Waals surface area (Å²) in [6.07, 6.45) is 4.37. The van der Waals surface area contributed by atoms with Gasteiger partial charge in [-0.25, -0.2) is 4.68 Å². The molecule has 9 heteroatoms. The Morgan fingerprint density at radius 2 is 1.68 bits per heavy atom. The Bertz CT molecular complexity index is 1260. The summed E-state index contributed by atoms with van der Waals surface area (Å²) in [6, 6.07) is 15.6. The number of hydrogen-bond acceptors (Lipinski definition) is 6. The van der Waals surface area contributed by atoms with E-state index >= 15 is 0 Å². The van der Waals surface area contributed by atoms with Crippen LogP contribution in [0.2, 0.25) is 0 Å². The van der Waals surface area contributed by atoms with Gasteiger partial charge < -0.3 is 14.8 Å². The molecule has 1 N–H and O–H groups in total. The van der Waals surface area contributed by atoms with Crippen LogP contribution in [0.1, 0.15) is 22.5 Å². The van der Waals surface area contributed by atoms with Crippen LogP contribution in [0.25, 0.3) is 0 Å². The van der Waals surface area contributed by atoms with Gasteiger partial charge in [-0.1, -0.05) is 36.0 Å². The Balaban J connectivity index is 1.54. The van der Waals surface area contributed by atoms with Crippen LogP contribution >= 0.6 is 11.8 Å². The fourth-order valence-corrected chi connectivity index (χ4v) is 4.43. The van der Waals surface area contributed by atoms with Gasteiger partial charge in [-0.2, -0.15) is 0 Å². The highest BCUT2D eigenvalue weighted by Gasteiger charge is 2.17. The van der Waals surface area contributed by atoms with E-state index in [9.17, 15) is 4.79 Å². The molecule has 2 heterocycles. The number of amides is 1. The van der Waals surface area contributed by atoms with Gasteiger partial charge in [-0.15, -0.1) is 10.2 Å². The number of methoxy groups -OCH3 is 2. The number of rotatable bonds is 9. The van der Waals surface area contributed by atoms with Crippen molar-refractivity contribution in [3.63, 3.8) is 0 Å². The fraction of sp³-hybridized carbons (Fsp3) is 0.240. The highest BCUT2D eigenvalue weighted by atomic mass is 32.2. The molecule has 34 heavy (non-hydrogen) atoms. The molecule has 4 rings (SSSR count). The SMILES string of the molecule is COc1ccc(Cc2nnc(SCC(=O)Nc3c(C)cccc3C)n2-n2cccc2)cc1OC. The third-order valence-corrected chi connectivity index (χ3v) is 6.30. The van der Waals surface area contributed by atoms with Crippen molar-refractivity contribution >= 4 is 23.4 Å². The van der Waals surface area contributed by atoms with Crippen molar-refractivity contribution in [3.05, 3.63) is 83.4 Å². The van der Waals surface area contributed by atoms with Crippen molar-refractivity contribution in [2.24, 2.45) is 0 Å². The zero-order valence-electron chi connectivity index (χ0n) is 19.6. The van der Waals surface area contributed by atoms with Crippen molar-refractivity contribution in [2.45, 2.75) is 25.4 Å². The quantitative estimate of drug-likeness (QED) is 0.361. The Labute approximate surface area is 202 Å². The number of nitrogens with zero attached hydrogens (tertiary/aromatic N) is 4. The van der Waals surface area contributed by atoms with Crippen molar-refractivity contribution in [1.82, 2.24) is 19.5 Å². The topological polar surface area (TPSA) is 83.2 Å². The molecule has 1 amide bonds. The number of hydrogen-bond donors (Lipinski definition) is 1. The van der Waals surface area contributed by atoms with E-state index in [2.05, 4.69) is 15.5 Å². The van der Waals surface area contributed by atoms with E-state index in [0.717, 1.165) is 28.2 Å². The lowest BCUT2D eigenvalue weighted by atomic mass is 10.1. The van der Waals surface area contributed by atoms with Gasteiger partial charge in [-0.3, -0.25) is 9.47 Å². The lowest BCUT2D eigenvalue weighted by Crippen LogP contribution is -2.17. The minimum Gasteiger partial charge on any atom is -0.493 e. The summed E-state index contributed by atoms with van der Waals surface area (Å²) in [5, 5.41) is 12.5. The molecule has 0 aliphatic rings. The van der Waals surface area contributed by atoms with Gasteiger partial charge in [0, 0.05) is 24.5 Å². The first kappa shape index (κ1) is 23.4. The van der Waals surface area contributed by atoms with E-state index in [4.69, 9.17) is 9.47 Å². The van der Waals surface area contributed by atoms with E-state index in [0.29, 0.717) is 23.1 Å². The van der Waals surface area contributed by atoms with Crippen molar-refractivity contribution in [2.75, 3.05) is 25.3 Å². The van der Waals surface area contributed by atoms with Crippen LogP contribution in [-0.2, 0) is 11.2 Å². The first-order valence-corrected chi connectivity index (χ1v) is 11.8. The molecule has 0 radical (unpaired) electrons. The van der Waals surface area contributed by atoms with E-state index in [1.165, 1.54) is 11.8 Å². The van der Waals surface area contributed by atoms with E-state index < -0.39 is 0 Å². The minimum absolute atomic E-state index is 0.0918. The van der Waals surface area contributed by atoms with Gasteiger partial charge >= 0.3 is 0 Å². The average molecular weight is 478 g/mol. The van der Waals surface area contributed by atoms with Crippen LogP contribution in [0.4, 0.5) is 5.69 Å². The smallest absolute Gasteiger partial charge is 0.234 e. The van der Waals surface area contributed by atoms with Crippen LogP contribution in [0.15, 0.2) is 66.1 Å². The highest BCUT2D eigenvalue weighted by molar-refractivity contribution is 7.99. The normalized spacial score (nSPS) is 10.8. The molecule has 0 saturated heterocycles. The maximum absolute atomic E-state index is 12.7. The Hall–Kier alpha value is -3.72. The average Bonchev–Trinajstić information content (AvgIpc) is 3.50. The van der Waals surface area contributed by atoms with Crippen molar-refractivity contribution in [3.8, 4) is 11.5 Å². The summed E-state index contributed by atoms with van der Waals surface area (Å²) in [5.41, 5.74) is 3.93. The molecule has 0 bridgehead atoms. The second kappa shape index (κ2) is 10.5. The Morgan fingerprint density at radius 1 is 0.971 bits per heavy atom. The molecular weight excluding hydrogens is 450 g/mol. The number of thioether (sulfide) groups is 1. The number of aromatic nitrogens is 4. The third kappa shape index (κ3) is 5.09. The summed E-state index contributed by atoms with van der Waals surface area (Å²) in [4.78, 5) is 12.7. The molecule has 8 nitrogen and oxygen atoms in total. The maximum Gasteiger partial charge on any atom is 0.234 e. The molecule has 0 saturated carbocycles. The van der Waals surface area contributed by atoms with Crippen LogP contribution < -0.4 is 14.8 Å². The monoisotopic (exact) mass is 477 g/mol. The molecule has 0 aliphatic heterocycles. The molecular formula is C25H27N5O3S. The minimum atomic E-state index is -0.0918. The zero-order chi connectivity index (χ0) is 24.1. The lowest BCUT2D eigenvalue weighted by Gasteiger charge is -2.13. The molecule has 2 aromatic heterocycles. The first-order valence-electron chi connectivity index (χ1n) is 10.8. The third-order valence-electron chi connectivity index (χ3n) is 5.38. The van der Waals surface area contributed by atoms with E-state index in [1.54, 1.807) is 14.2 Å². The molecule has 0 atom stereocenters. The van der Waals surface area contributed by atoms with Gasteiger partial charge in [0.2, 0.25) is 11.1 Å². The van der Waals surface area contributed by atoms with Gasteiger partial charge in [0.25, 0.3) is 0 Å². The van der Waals surface area contributed by atoms with Gasteiger partial charge in [0.05, 0.1) is 20.0 Å². The molecule has 176 valence electrons. The fourth-order valence-electron chi connectivity index (χ4n) is 3.68. The summed E-state index contributed by atoms with van der Waals surface area (Å²) in [6.45, 7) is 3.97. The van der Waals surface area contributed by atoms with Crippen LogP contribution in [0.5, 0.6) is 11.5 Å². The Kier molecular flexibility index (Phi) is 7.22. The number of para-hydroxylation sites is 1. The predicted molar refractivity (Wildman–Crippen MR) is 133 cm³/mol. The number of carbonyl (C=O) groups excluding carboxylic acids is 1. The molecule has 4 aromatic rings. The highest BCUT2D eigenvalue weighted by Crippen LogP contribution is 2.29. The molecule has 0 spiro atoms. The second-order valence-corrected chi connectivity index (χ2v) is 8.69. The molecule has 0 aliphatic carbocycles. The number of anilines is 1. The summed E-state index contributed by atoms with van der Waals surface area (Å²) in [5.74, 6) is 2.19. The van der Waals surface area contributed by atoms with E-state index in [-0.39, 0.29) is 11.7 Å². The van der Waals surface area contributed by atoms with Crippen LogP contribution in [0.3, 0.4) is 0 Å². The molecule has 2 aromatic carbocycles. The largest absolute Gasteiger partial charge is 0.493 e. The summed E-state index contributed by atoms with van der Waals surface area (Å²) < 4.78 is 14.6. The van der Waals surface area contributed by atoms with Crippen molar-refractivity contribution < 1.29 is 14.3 Å². The number of benzene rings is 2. The Morgan fingerprint density at radius 3 is 2.35 bits per heavy atom. The van der Waals surface area contributed by atoms with Crippen LogP contribution in [-0.4, -0.2) is 45.4 Å². The van der Waals surface area contributed by atoms with Gasteiger partial charge in [0.1, 0.15) is 0 Å². The number of aryl methyl sites for hydroxylation is 2. The maximum atomic E-state index is 12.7.